The average Bonchev–Trinajstić information content (AvgIpc) is 2.97. The van der Waals surface area contributed by atoms with Gasteiger partial charge in [-0.3, -0.25) is 0 Å². The summed E-state index contributed by atoms with van der Waals surface area (Å²) in [5.41, 5.74) is 2.51. The fourth-order valence-corrected chi connectivity index (χ4v) is 3.67. The molecule has 1 unspecified atom stereocenters. The SMILES string of the molecule is CCCC(NCC)c1ccc(-c2cccc(COC)c2)s1. The number of rotatable bonds is 8. The standard InChI is InChI=1S/C18H25NOS/c1-4-7-16(19-5-2)18-11-10-17(21-18)15-9-6-8-14(12-15)13-20-3/h6,8-12,16,19H,4-5,7,13H2,1-3H3. The van der Waals surface area contributed by atoms with Crippen LogP contribution < -0.4 is 5.32 Å². The van der Waals surface area contributed by atoms with Crippen molar-refractivity contribution in [1.82, 2.24) is 5.32 Å². The maximum Gasteiger partial charge on any atom is 0.0713 e. The van der Waals surface area contributed by atoms with Crippen molar-refractivity contribution in [3.05, 3.63) is 46.8 Å². The molecular formula is C18H25NOS. The monoisotopic (exact) mass is 303 g/mol. The van der Waals surface area contributed by atoms with E-state index < -0.39 is 0 Å². The minimum absolute atomic E-state index is 0.487. The van der Waals surface area contributed by atoms with E-state index in [1.165, 1.54) is 33.7 Å². The minimum atomic E-state index is 0.487. The number of ether oxygens (including phenoxy) is 1. The fourth-order valence-electron chi connectivity index (χ4n) is 2.56. The second kappa shape index (κ2) is 8.32. The molecule has 0 radical (unpaired) electrons. The van der Waals surface area contributed by atoms with E-state index >= 15 is 0 Å². The molecule has 2 rings (SSSR count). The van der Waals surface area contributed by atoms with Crippen molar-refractivity contribution in [2.75, 3.05) is 13.7 Å². The predicted molar refractivity (Wildman–Crippen MR) is 91.8 cm³/mol. The molecule has 21 heavy (non-hydrogen) atoms. The number of hydrogen-bond acceptors (Lipinski definition) is 3. The number of benzene rings is 1. The van der Waals surface area contributed by atoms with Gasteiger partial charge in [0.1, 0.15) is 0 Å². The van der Waals surface area contributed by atoms with Gasteiger partial charge in [-0.15, -0.1) is 11.3 Å². The molecule has 0 aliphatic carbocycles. The maximum absolute atomic E-state index is 5.22. The first-order chi connectivity index (χ1) is 10.3. The van der Waals surface area contributed by atoms with Crippen LogP contribution >= 0.6 is 11.3 Å². The molecule has 0 bridgehead atoms. The number of hydrogen-bond donors (Lipinski definition) is 1. The Labute approximate surface area is 132 Å². The Hall–Kier alpha value is -1.16. The summed E-state index contributed by atoms with van der Waals surface area (Å²) in [4.78, 5) is 2.77. The van der Waals surface area contributed by atoms with Gasteiger partial charge in [-0.05, 0) is 42.3 Å². The third-order valence-corrected chi connectivity index (χ3v) is 4.77. The molecule has 2 nitrogen and oxygen atoms in total. The van der Waals surface area contributed by atoms with E-state index in [0.717, 1.165) is 6.54 Å². The van der Waals surface area contributed by atoms with Crippen molar-refractivity contribution < 1.29 is 4.74 Å². The lowest BCUT2D eigenvalue weighted by molar-refractivity contribution is 0.185. The first-order valence-electron chi connectivity index (χ1n) is 7.69. The lowest BCUT2D eigenvalue weighted by atomic mass is 10.1. The second-order valence-electron chi connectivity index (χ2n) is 5.23. The predicted octanol–water partition coefficient (Wildman–Crippen LogP) is 5.01. The van der Waals surface area contributed by atoms with E-state index in [1.807, 2.05) is 11.3 Å². The van der Waals surface area contributed by atoms with E-state index in [-0.39, 0.29) is 0 Å². The molecule has 114 valence electrons. The van der Waals surface area contributed by atoms with Gasteiger partial charge >= 0.3 is 0 Å². The summed E-state index contributed by atoms with van der Waals surface area (Å²) in [5, 5.41) is 3.59. The van der Waals surface area contributed by atoms with Crippen LogP contribution in [0.3, 0.4) is 0 Å². The summed E-state index contributed by atoms with van der Waals surface area (Å²) < 4.78 is 5.22. The summed E-state index contributed by atoms with van der Waals surface area (Å²) in [6.07, 6.45) is 2.39. The lowest BCUT2D eigenvalue weighted by Gasteiger charge is -2.15. The third-order valence-electron chi connectivity index (χ3n) is 3.52. The van der Waals surface area contributed by atoms with Crippen LogP contribution in [0.4, 0.5) is 0 Å². The average molecular weight is 303 g/mol. The Morgan fingerprint density at radius 3 is 2.76 bits per heavy atom. The van der Waals surface area contributed by atoms with E-state index in [9.17, 15) is 0 Å². The van der Waals surface area contributed by atoms with Gasteiger partial charge in [-0.2, -0.15) is 0 Å². The van der Waals surface area contributed by atoms with Gasteiger partial charge in [0.25, 0.3) is 0 Å². The number of methoxy groups -OCH3 is 1. The molecule has 0 saturated carbocycles. The molecule has 1 heterocycles. The van der Waals surface area contributed by atoms with E-state index in [2.05, 4.69) is 55.6 Å². The lowest BCUT2D eigenvalue weighted by Crippen LogP contribution is -2.19. The molecule has 0 aliphatic rings. The van der Waals surface area contributed by atoms with Gasteiger partial charge in [0.05, 0.1) is 6.61 Å². The molecular weight excluding hydrogens is 278 g/mol. The van der Waals surface area contributed by atoms with Crippen molar-refractivity contribution in [1.29, 1.82) is 0 Å². The topological polar surface area (TPSA) is 21.3 Å². The first-order valence-corrected chi connectivity index (χ1v) is 8.51. The van der Waals surface area contributed by atoms with Gasteiger partial charge in [0, 0.05) is 22.9 Å². The number of thiophene rings is 1. The van der Waals surface area contributed by atoms with Crippen molar-refractivity contribution in [2.24, 2.45) is 0 Å². The Bertz CT molecular complexity index is 544. The minimum Gasteiger partial charge on any atom is -0.380 e. The fraction of sp³-hybridized carbons (Fsp3) is 0.444. The Balaban J connectivity index is 2.20. The van der Waals surface area contributed by atoms with Crippen LogP contribution in [0.25, 0.3) is 10.4 Å². The zero-order valence-electron chi connectivity index (χ0n) is 13.2. The highest BCUT2D eigenvalue weighted by molar-refractivity contribution is 7.15. The van der Waals surface area contributed by atoms with Gasteiger partial charge in [0.2, 0.25) is 0 Å². The van der Waals surface area contributed by atoms with Crippen LogP contribution in [-0.4, -0.2) is 13.7 Å². The van der Waals surface area contributed by atoms with Crippen LogP contribution in [0.15, 0.2) is 36.4 Å². The quantitative estimate of drug-likeness (QED) is 0.740. The van der Waals surface area contributed by atoms with E-state index in [1.54, 1.807) is 7.11 Å². The molecule has 3 heteroatoms. The molecule has 0 spiro atoms. The summed E-state index contributed by atoms with van der Waals surface area (Å²) in [5.74, 6) is 0. The van der Waals surface area contributed by atoms with Crippen LogP contribution in [0, 0.1) is 0 Å². The van der Waals surface area contributed by atoms with Crippen LogP contribution in [-0.2, 0) is 11.3 Å². The summed E-state index contributed by atoms with van der Waals surface area (Å²) in [6.45, 7) is 6.10. The summed E-state index contributed by atoms with van der Waals surface area (Å²) >= 11 is 1.90. The summed E-state index contributed by atoms with van der Waals surface area (Å²) in [7, 11) is 1.74. The molecule has 1 aromatic heterocycles. The maximum atomic E-state index is 5.22. The largest absolute Gasteiger partial charge is 0.380 e. The van der Waals surface area contributed by atoms with Crippen molar-refractivity contribution in [3.8, 4) is 10.4 Å². The smallest absolute Gasteiger partial charge is 0.0713 e. The van der Waals surface area contributed by atoms with Gasteiger partial charge in [0.15, 0.2) is 0 Å². The summed E-state index contributed by atoms with van der Waals surface area (Å²) in [6, 6.07) is 13.6. The molecule has 1 N–H and O–H groups in total. The highest BCUT2D eigenvalue weighted by atomic mass is 32.1. The molecule has 0 amide bonds. The van der Waals surface area contributed by atoms with E-state index in [4.69, 9.17) is 4.74 Å². The van der Waals surface area contributed by atoms with Crippen LogP contribution in [0.5, 0.6) is 0 Å². The van der Waals surface area contributed by atoms with Gasteiger partial charge in [-0.25, -0.2) is 0 Å². The molecule has 2 aromatic rings. The van der Waals surface area contributed by atoms with Crippen molar-refractivity contribution in [2.45, 2.75) is 39.3 Å². The molecule has 0 aliphatic heterocycles. The zero-order valence-corrected chi connectivity index (χ0v) is 14.0. The number of nitrogens with one attached hydrogen (secondary N) is 1. The van der Waals surface area contributed by atoms with Crippen LogP contribution in [0.2, 0.25) is 0 Å². The molecule has 0 fully saturated rings. The highest BCUT2D eigenvalue weighted by Gasteiger charge is 2.12. The zero-order chi connectivity index (χ0) is 15.1. The van der Waals surface area contributed by atoms with E-state index in [0.29, 0.717) is 12.6 Å². The molecule has 0 saturated heterocycles. The third kappa shape index (κ3) is 4.40. The highest BCUT2D eigenvalue weighted by Crippen LogP contribution is 2.33. The Kier molecular flexibility index (Phi) is 6.43. The van der Waals surface area contributed by atoms with Gasteiger partial charge < -0.3 is 10.1 Å². The van der Waals surface area contributed by atoms with Crippen molar-refractivity contribution >= 4 is 11.3 Å². The normalized spacial score (nSPS) is 12.5. The Morgan fingerprint density at radius 1 is 1.19 bits per heavy atom. The Morgan fingerprint density at radius 2 is 2.05 bits per heavy atom. The molecule has 1 atom stereocenters. The van der Waals surface area contributed by atoms with Crippen LogP contribution in [0.1, 0.15) is 43.2 Å². The second-order valence-corrected chi connectivity index (χ2v) is 6.35. The van der Waals surface area contributed by atoms with Crippen molar-refractivity contribution in [3.63, 3.8) is 0 Å². The van der Waals surface area contributed by atoms with Gasteiger partial charge in [-0.1, -0.05) is 38.5 Å². The molecule has 1 aromatic carbocycles. The first kappa shape index (κ1) is 16.2.